The molecule has 2 aliphatic rings. The smallest absolute Gasteiger partial charge is 0.263 e. The van der Waals surface area contributed by atoms with Gasteiger partial charge in [0.2, 0.25) is 11.4 Å². The van der Waals surface area contributed by atoms with E-state index in [9.17, 15) is 4.79 Å². The first kappa shape index (κ1) is 27.9. The first-order valence-electron chi connectivity index (χ1n) is 12.9. The summed E-state index contributed by atoms with van der Waals surface area (Å²) in [4.78, 5) is 16.8. The molecule has 4 nitrogen and oxygen atoms in total. The Hall–Kier alpha value is -2.10. The van der Waals surface area contributed by atoms with Crippen LogP contribution in [-0.4, -0.2) is 18.5 Å². The Kier molecular flexibility index (Phi) is 9.19. The van der Waals surface area contributed by atoms with E-state index in [1.165, 1.54) is 42.0 Å². The summed E-state index contributed by atoms with van der Waals surface area (Å²) in [5, 5.41) is 5.63. The molecular weight excluding hydrogens is 609 g/mol. The van der Waals surface area contributed by atoms with Crippen LogP contribution in [0.3, 0.4) is 0 Å². The van der Waals surface area contributed by atoms with Crippen molar-refractivity contribution < 1.29 is 33.3 Å². The summed E-state index contributed by atoms with van der Waals surface area (Å²) in [5.41, 5.74) is 4.97. The fraction of sp³-hybridized carbons (Fsp3) is 0.333. The number of hydrogen-bond acceptors (Lipinski definition) is 4. The van der Waals surface area contributed by atoms with E-state index in [0.717, 1.165) is 25.9 Å². The molecule has 1 aliphatic carbocycles. The molecule has 1 unspecified atom stereocenters. The topological polar surface area (TPSA) is 36.2 Å². The summed E-state index contributed by atoms with van der Waals surface area (Å²) >= 11 is 3.64. The number of para-hydroxylation sites is 2. The largest absolute Gasteiger partial charge is 1.00 e. The van der Waals surface area contributed by atoms with E-state index in [2.05, 4.69) is 95.4 Å². The predicted molar refractivity (Wildman–Crippen MR) is 153 cm³/mol. The van der Waals surface area contributed by atoms with Gasteiger partial charge in [0.05, 0.1) is 10.7 Å². The third-order valence-electron chi connectivity index (χ3n) is 6.66. The van der Waals surface area contributed by atoms with Crippen LogP contribution in [0.5, 0.6) is 0 Å². The maximum absolute atomic E-state index is 13.1. The van der Waals surface area contributed by atoms with Gasteiger partial charge in [-0.25, -0.2) is 0 Å². The van der Waals surface area contributed by atoms with Crippen LogP contribution in [0.4, 0.5) is 5.69 Å². The van der Waals surface area contributed by atoms with E-state index in [1.54, 1.807) is 0 Å². The second-order valence-electron chi connectivity index (χ2n) is 9.66. The highest BCUT2D eigenvalue weighted by Gasteiger charge is 2.28. The number of fused-ring (bicyclic) bond motifs is 2. The van der Waals surface area contributed by atoms with Gasteiger partial charge >= 0.3 is 0 Å². The van der Waals surface area contributed by atoms with Gasteiger partial charge in [0.1, 0.15) is 11.2 Å². The van der Waals surface area contributed by atoms with E-state index in [-0.39, 0.29) is 41.8 Å². The van der Waals surface area contributed by atoms with Gasteiger partial charge in [0.15, 0.2) is 0 Å². The van der Waals surface area contributed by atoms with Gasteiger partial charge in [-0.15, -0.1) is 0 Å². The lowest BCUT2D eigenvalue weighted by Crippen LogP contribution is -3.00. The third kappa shape index (κ3) is 5.99. The standard InChI is InChI=1S/C30H33N3OS2.HI/c1-5-32-24-11-7-9-13-26(24)35-28(32)18-21-15-22(17-23(16-21)30(34)31-20(3)4)19-29-33(6-2)25-12-8-10-14-27(25)36-29;/h7-15,18-20,23H,5-6,16-17H2,1-4H3;1H. The molecule has 1 N–H and O–H groups in total. The fourth-order valence-electron chi connectivity index (χ4n) is 5.08. The normalized spacial score (nSPS) is 19.3. The Labute approximate surface area is 245 Å². The minimum absolute atomic E-state index is 0. The number of benzene rings is 2. The summed E-state index contributed by atoms with van der Waals surface area (Å²) in [6, 6.07) is 17.3. The zero-order valence-electron chi connectivity index (χ0n) is 21.8. The lowest BCUT2D eigenvalue weighted by Gasteiger charge is -2.25. The molecule has 194 valence electrons. The summed E-state index contributed by atoms with van der Waals surface area (Å²) in [6.45, 7) is 10.3. The average molecular weight is 644 g/mol. The van der Waals surface area contributed by atoms with Gasteiger partial charge in [-0.2, -0.15) is 4.57 Å². The molecule has 0 fully saturated rings. The van der Waals surface area contributed by atoms with Crippen molar-refractivity contribution >= 4 is 51.0 Å². The van der Waals surface area contributed by atoms with Crippen LogP contribution < -0.4 is 38.8 Å². The number of amides is 1. The maximum atomic E-state index is 13.1. The molecule has 1 amide bonds. The number of carbonyl (C=O) groups excluding carboxylic acids is 1. The lowest BCUT2D eigenvalue weighted by atomic mass is 9.84. The van der Waals surface area contributed by atoms with Crippen molar-refractivity contribution in [3.05, 3.63) is 81.9 Å². The lowest BCUT2D eigenvalue weighted by molar-refractivity contribution is -0.665. The van der Waals surface area contributed by atoms with E-state index in [4.69, 9.17) is 0 Å². The van der Waals surface area contributed by atoms with Crippen LogP contribution in [0.15, 0.2) is 81.8 Å². The number of rotatable bonds is 6. The number of nitrogens with zero attached hydrogens (tertiary/aromatic N) is 2. The molecule has 0 radical (unpaired) electrons. The van der Waals surface area contributed by atoms with Crippen molar-refractivity contribution in [1.82, 2.24) is 5.32 Å². The molecule has 0 bridgehead atoms. The molecule has 0 spiro atoms. The molecule has 1 aliphatic heterocycles. The number of aromatic nitrogens is 1. The second kappa shape index (κ2) is 12.2. The Morgan fingerprint density at radius 3 is 2.62 bits per heavy atom. The van der Waals surface area contributed by atoms with Crippen LogP contribution in [-0.2, 0) is 11.3 Å². The first-order valence-corrected chi connectivity index (χ1v) is 14.5. The minimum atomic E-state index is -0.0659. The summed E-state index contributed by atoms with van der Waals surface area (Å²) in [5.74, 6) is 0.0816. The zero-order chi connectivity index (χ0) is 25.2. The van der Waals surface area contributed by atoms with Gasteiger partial charge in [-0.3, -0.25) is 4.79 Å². The summed E-state index contributed by atoms with van der Waals surface area (Å²) in [6.07, 6.45) is 8.43. The highest BCUT2D eigenvalue weighted by atomic mass is 127. The van der Waals surface area contributed by atoms with Crippen molar-refractivity contribution in [3.8, 4) is 0 Å². The van der Waals surface area contributed by atoms with E-state index < -0.39 is 0 Å². The van der Waals surface area contributed by atoms with Gasteiger partial charge < -0.3 is 34.2 Å². The van der Waals surface area contributed by atoms with Crippen molar-refractivity contribution in [1.29, 1.82) is 0 Å². The quantitative estimate of drug-likeness (QED) is 0.327. The van der Waals surface area contributed by atoms with Gasteiger partial charge in [0.25, 0.3) is 5.01 Å². The van der Waals surface area contributed by atoms with Crippen LogP contribution in [0.1, 0.15) is 45.5 Å². The van der Waals surface area contributed by atoms with Gasteiger partial charge in [0, 0.05) is 35.5 Å². The molecule has 7 heteroatoms. The fourth-order valence-corrected chi connectivity index (χ4v) is 7.48. The van der Waals surface area contributed by atoms with Crippen LogP contribution >= 0.6 is 23.1 Å². The molecule has 1 atom stereocenters. The number of anilines is 1. The Balaban J connectivity index is 0.00000320. The number of thioether (sulfide) groups is 1. The first-order chi connectivity index (χ1) is 17.5. The van der Waals surface area contributed by atoms with Crippen molar-refractivity contribution in [3.63, 3.8) is 0 Å². The molecule has 2 aromatic carbocycles. The molecule has 0 saturated carbocycles. The number of nitrogens with one attached hydrogen (secondary N) is 1. The second-order valence-corrected chi connectivity index (χ2v) is 11.8. The number of carbonyl (C=O) groups is 1. The van der Waals surface area contributed by atoms with Crippen LogP contribution in [0.25, 0.3) is 16.3 Å². The minimum Gasteiger partial charge on any atom is -1.00 e. The van der Waals surface area contributed by atoms with E-state index >= 15 is 0 Å². The highest BCUT2D eigenvalue weighted by Crippen LogP contribution is 2.46. The number of halogens is 1. The molecular formula is C30H34IN3OS2. The van der Waals surface area contributed by atoms with E-state index in [1.807, 2.05) is 36.9 Å². The Bertz CT molecular complexity index is 1390. The summed E-state index contributed by atoms with van der Waals surface area (Å²) < 4.78 is 3.67. The molecule has 3 aromatic rings. The van der Waals surface area contributed by atoms with Gasteiger partial charge in [-0.1, -0.05) is 53.4 Å². The average Bonchev–Trinajstić information content (AvgIpc) is 3.39. The number of hydrogen-bond donors (Lipinski definition) is 1. The number of thiazole rings is 1. The molecule has 5 rings (SSSR count). The molecule has 1 aromatic heterocycles. The number of allylic oxidation sites excluding steroid dienone is 4. The monoisotopic (exact) mass is 643 g/mol. The van der Waals surface area contributed by atoms with Crippen molar-refractivity contribution in [2.24, 2.45) is 5.92 Å². The Morgan fingerprint density at radius 2 is 1.86 bits per heavy atom. The maximum Gasteiger partial charge on any atom is 0.263 e. The predicted octanol–water partition coefficient (Wildman–Crippen LogP) is 3.93. The number of aryl methyl sites for hydroxylation is 1. The van der Waals surface area contributed by atoms with E-state index in [0.29, 0.717) is 0 Å². The Morgan fingerprint density at radius 1 is 1.11 bits per heavy atom. The third-order valence-corrected chi connectivity index (χ3v) is 8.89. The van der Waals surface area contributed by atoms with Crippen LogP contribution in [0.2, 0.25) is 0 Å². The molecule has 0 saturated heterocycles. The van der Waals surface area contributed by atoms with Crippen molar-refractivity contribution in [2.45, 2.75) is 58.0 Å². The van der Waals surface area contributed by atoms with Crippen molar-refractivity contribution in [2.75, 3.05) is 11.4 Å². The van der Waals surface area contributed by atoms with Crippen LogP contribution in [0, 0.1) is 5.92 Å². The molecule has 37 heavy (non-hydrogen) atoms. The zero-order valence-corrected chi connectivity index (χ0v) is 25.6. The van der Waals surface area contributed by atoms with Gasteiger partial charge in [-0.05, 0) is 76.0 Å². The molecule has 2 heterocycles. The highest BCUT2D eigenvalue weighted by molar-refractivity contribution is 8.03. The SMILES string of the molecule is CCN1/C(=C/C2=CC(=C\c3sc4ccccc4[n+]3CC)/CC(C(=O)NC(C)C)C2)Sc2ccccc21.[I-]. The summed E-state index contributed by atoms with van der Waals surface area (Å²) in [7, 11) is 0.